The topological polar surface area (TPSA) is 128 Å². The molecule has 0 fully saturated rings. The summed E-state index contributed by atoms with van der Waals surface area (Å²) < 4.78 is 133. The van der Waals surface area contributed by atoms with Crippen molar-refractivity contribution in [3.8, 4) is 11.5 Å². The third-order valence-corrected chi connectivity index (χ3v) is 8.61. The van der Waals surface area contributed by atoms with E-state index in [-0.39, 0.29) is 24.3 Å². The van der Waals surface area contributed by atoms with Crippen LogP contribution < -0.4 is 9.47 Å². The van der Waals surface area contributed by atoms with Gasteiger partial charge in [-0.1, -0.05) is 84.9 Å². The van der Waals surface area contributed by atoms with Crippen molar-refractivity contribution in [1.29, 1.82) is 0 Å². The Bertz CT molecular complexity index is 1880. The third kappa shape index (κ3) is 12.2. The van der Waals surface area contributed by atoms with Gasteiger partial charge in [-0.25, -0.2) is 9.36 Å². The van der Waals surface area contributed by atoms with Gasteiger partial charge in [0, 0.05) is 0 Å². The van der Waals surface area contributed by atoms with Crippen molar-refractivity contribution in [2.24, 2.45) is 0 Å². The minimum Gasteiger partial charge on any atom is -0.485 e. The monoisotopic (exact) mass is 784 g/mol. The zero-order chi connectivity index (χ0) is 38.8. The summed E-state index contributed by atoms with van der Waals surface area (Å²) in [7, 11) is -4.63. The van der Waals surface area contributed by atoms with Gasteiger partial charge in [0.25, 0.3) is 0 Å². The van der Waals surface area contributed by atoms with Crippen molar-refractivity contribution >= 4 is 13.8 Å². The highest BCUT2D eigenvalue weighted by atomic mass is 31.2. The van der Waals surface area contributed by atoms with Crippen molar-refractivity contribution in [2.75, 3.05) is 6.61 Å². The van der Waals surface area contributed by atoms with E-state index in [4.69, 9.17) is 27.8 Å². The van der Waals surface area contributed by atoms with Crippen LogP contribution in [0.1, 0.15) is 22.3 Å². The van der Waals surface area contributed by atoms with E-state index in [9.17, 15) is 40.8 Å². The first-order chi connectivity index (χ1) is 25.7. The van der Waals surface area contributed by atoms with E-state index in [1.165, 1.54) is 24.3 Å². The van der Waals surface area contributed by atoms with Crippen LogP contribution in [0.15, 0.2) is 121 Å². The second kappa shape index (κ2) is 17.8. The minimum atomic E-state index is -4.99. The Morgan fingerprint density at radius 3 is 1.57 bits per heavy atom. The lowest BCUT2D eigenvalue weighted by Crippen LogP contribution is -2.35. The molecule has 0 spiro atoms. The molecule has 0 amide bonds. The van der Waals surface area contributed by atoms with E-state index >= 15 is 0 Å². The van der Waals surface area contributed by atoms with Crippen LogP contribution in [-0.2, 0) is 63.6 Å². The fourth-order valence-electron chi connectivity index (χ4n) is 4.86. The van der Waals surface area contributed by atoms with Gasteiger partial charge in [-0.3, -0.25) is 13.6 Å². The van der Waals surface area contributed by atoms with E-state index < -0.39 is 81.6 Å². The third-order valence-electron chi connectivity index (χ3n) is 7.19. The van der Waals surface area contributed by atoms with Crippen LogP contribution >= 0.6 is 7.82 Å². The molecule has 1 heterocycles. The molecule has 1 aliphatic heterocycles. The zero-order valence-electron chi connectivity index (χ0n) is 27.8. The lowest BCUT2D eigenvalue weighted by Gasteiger charge is -2.27. The lowest BCUT2D eigenvalue weighted by molar-refractivity contribution is -0.275. The number of halogens is 6. The average Bonchev–Trinajstić information content (AvgIpc) is 3.44. The Morgan fingerprint density at radius 2 is 1.11 bits per heavy atom. The predicted octanol–water partition coefficient (Wildman–Crippen LogP) is 8.27. The first-order valence-electron chi connectivity index (χ1n) is 15.8. The number of phosphoric acid groups is 1. The normalized spacial score (nSPS) is 15.5. The molecule has 4 aromatic carbocycles. The number of phosphoric ester groups is 1. The van der Waals surface area contributed by atoms with Gasteiger partial charge >= 0.3 is 26.5 Å². The molecule has 0 bridgehead atoms. The standard InChI is InChI=1S/C36H31F6O11P/c37-35(38,39)51-28-15-7-13-26(17-28)20-46-32-31(50-34(44)33(32)47-21-27-14-8-16-29(18-27)52-36(40,41)42)30(19-43)53-54(45,48-22-24-9-3-1-4-10-24)49-23-25-11-5-2-6-12-25/h1-18,30-31,43H,19-23H2/t30-,31+/m0/s1. The van der Waals surface area contributed by atoms with Crippen molar-refractivity contribution in [3.63, 3.8) is 0 Å². The molecule has 0 aromatic heterocycles. The SMILES string of the molecule is O=C1O[C@H]([C@H](CO)OP(=O)(OCc2ccccc2)OCc2ccccc2)C(OCc2cccc(OC(F)(F)F)c2)=C1OCc1cccc(OC(F)(F)F)c1. The van der Waals surface area contributed by atoms with Crippen LogP contribution in [0.4, 0.5) is 26.3 Å². The van der Waals surface area contributed by atoms with Crippen LogP contribution in [0.2, 0.25) is 0 Å². The van der Waals surface area contributed by atoms with Gasteiger partial charge < -0.3 is 28.8 Å². The van der Waals surface area contributed by atoms with Gasteiger partial charge in [-0.05, 0) is 46.5 Å². The number of aliphatic hydroxyl groups is 1. The first kappa shape index (κ1) is 40.1. The molecule has 0 saturated carbocycles. The molecular formula is C36H31F6O11P. The number of benzene rings is 4. The molecule has 54 heavy (non-hydrogen) atoms. The van der Waals surface area contributed by atoms with Gasteiger partial charge in [0.2, 0.25) is 5.76 Å². The highest BCUT2D eigenvalue weighted by Crippen LogP contribution is 2.53. The first-order valence-corrected chi connectivity index (χ1v) is 17.3. The van der Waals surface area contributed by atoms with E-state index in [2.05, 4.69) is 9.47 Å². The number of hydrogen-bond donors (Lipinski definition) is 1. The van der Waals surface area contributed by atoms with Crippen LogP contribution in [0.5, 0.6) is 11.5 Å². The Balaban J connectivity index is 1.43. The van der Waals surface area contributed by atoms with Gasteiger partial charge in [0.05, 0.1) is 19.8 Å². The Kier molecular flexibility index (Phi) is 13.3. The van der Waals surface area contributed by atoms with Crippen LogP contribution in [0.3, 0.4) is 0 Å². The molecule has 1 aliphatic rings. The Morgan fingerprint density at radius 1 is 0.648 bits per heavy atom. The number of ether oxygens (including phenoxy) is 5. The minimum absolute atomic E-state index is 0.111. The smallest absolute Gasteiger partial charge is 0.485 e. The quantitative estimate of drug-likeness (QED) is 0.0595. The van der Waals surface area contributed by atoms with Crippen molar-refractivity contribution in [3.05, 3.63) is 143 Å². The second-order valence-electron chi connectivity index (χ2n) is 11.3. The molecule has 0 aliphatic carbocycles. The number of hydrogen-bond acceptors (Lipinski definition) is 11. The summed E-state index contributed by atoms with van der Waals surface area (Å²) in [5.74, 6) is -3.41. The van der Waals surface area contributed by atoms with Gasteiger partial charge in [0.15, 0.2) is 11.9 Å². The van der Waals surface area contributed by atoms with Crippen LogP contribution in [0.25, 0.3) is 0 Å². The molecule has 0 saturated heterocycles. The Labute approximate surface area is 304 Å². The van der Waals surface area contributed by atoms with Crippen LogP contribution in [-0.4, -0.2) is 42.6 Å². The molecule has 11 nitrogen and oxygen atoms in total. The summed E-state index contributed by atoms with van der Waals surface area (Å²) in [6.07, 6.45) is -13.4. The second-order valence-corrected chi connectivity index (χ2v) is 12.9. The summed E-state index contributed by atoms with van der Waals surface area (Å²) >= 11 is 0. The maximum absolute atomic E-state index is 14.1. The fourth-order valence-corrected chi connectivity index (χ4v) is 6.18. The molecule has 0 radical (unpaired) electrons. The highest BCUT2D eigenvalue weighted by Gasteiger charge is 2.46. The number of alkyl halides is 6. The number of carbonyl (C=O) groups is 1. The molecule has 288 valence electrons. The van der Waals surface area contributed by atoms with Crippen molar-refractivity contribution in [1.82, 2.24) is 0 Å². The molecular weight excluding hydrogens is 753 g/mol. The molecule has 2 atom stereocenters. The maximum Gasteiger partial charge on any atom is 0.573 e. The van der Waals surface area contributed by atoms with Crippen LogP contribution in [0, 0.1) is 0 Å². The summed E-state index contributed by atoms with van der Waals surface area (Å²) in [6.45, 7) is -2.56. The van der Waals surface area contributed by atoms with Crippen molar-refractivity contribution < 1.29 is 78.1 Å². The number of rotatable bonds is 18. The predicted molar refractivity (Wildman–Crippen MR) is 175 cm³/mol. The van der Waals surface area contributed by atoms with Gasteiger partial charge in [-0.2, -0.15) is 0 Å². The average molecular weight is 785 g/mol. The number of aliphatic hydroxyl groups excluding tert-OH is 1. The summed E-state index contributed by atoms with van der Waals surface area (Å²) in [5, 5.41) is 10.5. The fraction of sp³-hybridized carbons (Fsp3) is 0.250. The van der Waals surface area contributed by atoms with Gasteiger partial charge in [-0.15, -0.1) is 26.3 Å². The molecule has 0 unspecified atom stereocenters. The van der Waals surface area contributed by atoms with E-state index in [0.717, 1.165) is 24.3 Å². The highest BCUT2D eigenvalue weighted by molar-refractivity contribution is 7.48. The van der Waals surface area contributed by atoms with E-state index in [1.54, 1.807) is 60.7 Å². The lowest BCUT2D eigenvalue weighted by atomic mass is 10.1. The summed E-state index contributed by atoms with van der Waals surface area (Å²) in [5.41, 5.74) is 1.39. The maximum atomic E-state index is 14.1. The summed E-state index contributed by atoms with van der Waals surface area (Å²) in [6, 6.07) is 26.4. The number of carbonyl (C=O) groups excluding carboxylic acids is 1. The van der Waals surface area contributed by atoms with E-state index in [1.807, 2.05) is 0 Å². The zero-order valence-corrected chi connectivity index (χ0v) is 28.7. The Hall–Kier alpha value is -5.06. The number of cyclic esters (lactones) is 1. The van der Waals surface area contributed by atoms with Crippen molar-refractivity contribution in [2.45, 2.75) is 51.4 Å². The van der Waals surface area contributed by atoms with Gasteiger partial charge in [0.1, 0.15) is 30.8 Å². The molecule has 1 N–H and O–H groups in total. The number of esters is 1. The molecule has 18 heteroatoms. The largest absolute Gasteiger partial charge is 0.573 e. The molecule has 4 aromatic rings. The van der Waals surface area contributed by atoms with E-state index in [0.29, 0.717) is 11.1 Å². The summed E-state index contributed by atoms with van der Waals surface area (Å²) in [4.78, 5) is 13.2. The molecule has 5 rings (SSSR count).